The molecule has 0 aromatic carbocycles. The largest absolute Gasteiger partial charge is 0.396 e. The van der Waals surface area contributed by atoms with Gasteiger partial charge >= 0.3 is 8.25 Å². The second kappa shape index (κ2) is 5.54. The van der Waals surface area contributed by atoms with E-state index in [4.69, 9.17) is 0 Å². The fourth-order valence-electron chi connectivity index (χ4n) is 0.200. The normalized spacial score (nSPS) is 12.0. The highest BCUT2D eigenvalue weighted by Gasteiger charge is 1.93. The average molecular weight is 150 g/mol. The van der Waals surface area contributed by atoms with E-state index in [1.54, 1.807) is 0 Å². The SMILES string of the molecule is C=CCO[PH](=O)OC=O. The van der Waals surface area contributed by atoms with Crippen LogP contribution in [-0.2, 0) is 18.4 Å². The molecule has 0 spiro atoms. The predicted octanol–water partition coefficient (Wildman–Crippen LogP) is 0.752. The van der Waals surface area contributed by atoms with Crippen molar-refractivity contribution in [1.29, 1.82) is 0 Å². The molecule has 0 saturated carbocycles. The lowest BCUT2D eigenvalue weighted by Gasteiger charge is -1.95. The highest BCUT2D eigenvalue weighted by atomic mass is 31.1. The van der Waals surface area contributed by atoms with Gasteiger partial charge in [-0.05, 0) is 0 Å². The minimum absolute atomic E-state index is 0.0877. The molecule has 0 aliphatic carbocycles. The Bertz CT molecular complexity index is 122. The first-order chi connectivity index (χ1) is 4.31. The molecule has 0 radical (unpaired) electrons. The van der Waals surface area contributed by atoms with Crippen LogP contribution in [0.25, 0.3) is 0 Å². The summed E-state index contributed by atoms with van der Waals surface area (Å²) >= 11 is 0. The zero-order valence-electron chi connectivity index (χ0n) is 4.70. The van der Waals surface area contributed by atoms with Crippen molar-refractivity contribution in [2.75, 3.05) is 6.61 Å². The first kappa shape index (κ1) is 8.40. The highest BCUT2D eigenvalue weighted by molar-refractivity contribution is 7.33. The molecule has 0 aliphatic rings. The van der Waals surface area contributed by atoms with Crippen molar-refractivity contribution in [3.63, 3.8) is 0 Å². The van der Waals surface area contributed by atoms with Crippen molar-refractivity contribution in [3.05, 3.63) is 12.7 Å². The van der Waals surface area contributed by atoms with Gasteiger partial charge < -0.3 is 4.52 Å². The lowest BCUT2D eigenvalue weighted by molar-refractivity contribution is -0.120. The van der Waals surface area contributed by atoms with Crippen LogP contribution in [0.4, 0.5) is 0 Å². The topological polar surface area (TPSA) is 52.6 Å². The van der Waals surface area contributed by atoms with E-state index in [2.05, 4.69) is 15.6 Å². The Morgan fingerprint density at radius 3 is 2.78 bits per heavy atom. The van der Waals surface area contributed by atoms with Gasteiger partial charge in [-0.1, -0.05) is 6.08 Å². The van der Waals surface area contributed by atoms with Crippen LogP contribution in [0, 0.1) is 0 Å². The van der Waals surface area contributed by atoms with Gasteiger partial charge in [-0.15, -0.1) is 6.58 Å². The van der Waals surface area contributed by atoms with Crippen molar-refractivity contribution in [2.24, 2.45) is 0 Å². The van der Waals surface area contributed by atoms with E-state index in [-0.39, 0.29) is 13.1 Å². The Kier molecular flexibility index (Phi) is 5.17. The number of rotatable bonds is 5. The van der Waals surface area contributed by atoms with Gasteiger partial charge in [-0.2, -0.15) is 0 Å². The predicted molar refractivity (Wildman–Crippen MR) is 32.3 cm³/mol. The molecule has 0 bridgehead atoms. The van der Waals surface area contributed by atoms with Crippen molar-refractivity contribution in [1.82, 2.24) is 0 Å². The monoisotopic (exact) mass is 150 g/mol. The van der Waals surface area contributed by atoms with E-state index in [1.165, 1.54) is 6.08 Å². The maximum absolute atomic E-state index is 10.3. The first-order valence-electron chi connectivity index (χ1n) is 2.19. The van der Waals surface area contributed by atoms with Crippen molar-refractivity contribution in [3.8, 4) is 0 Å². The van der Waals surface area contributed by atoms with Crippen LogP contribution in [0.3, 0.4) is 0 Å². The standard InChI is InChI=1S/C4H7O4P/c1-2-3-7-9(6)8-4-5/h2,4,9H,1,3H2. The molecule has 0 heterocycles. The summed E-state index contributed by atoms with van der Waals surface area (Å²) in [5.41, 5.74) is 0. The zero-order chi connectivity index (χ0) is 7.11. The quantitative estimate of drug-likeness (QED) is 0.329. The molecule has 1 atom stereocenters. The molecule has 0 aromatic heterocycles. The third-order valence-corrected chi connectivity index (χ3v) is 1.15. The number of carbonyl (C=O) groups is 1. The molecule has 0 aliphatic heterocycles. The summed E-state index contributed by atoms with van der Waals surface area (Å²) in [5, 5.41) is 0. The Labute approximate surface area is 53.4 Å². The molecule has 4 nitrogen and oxygen atoms in total. The van der Waals surface area contributed by atoms with Crippen molar-refractivity contribution < 1.29 is 18.4 Å². The summed E-state index contributed by atoms with van der Waals surface area (Å²) in [6, 6.07) is 0. The van der Waals surface area contributed by atoms with Gasteiger partial charge in [0.25, 0.3) is 6.47 Å². The molecule has 0 N–H and O–H groups in total. The van der Waals surface area contributed by atoms with Crippen LogP contribution < -0.4 is 0 Å². The van der Waals surface area contributed by atoms with E-state index < -0.39 is 8.25 Å². The van der Waals surface area contributed by atoms with Crippen molar-refractivity contribution in [2.45, 2.75) is 0 Å². The Morgan fingerprint density at radius 2 is 2.33 bits per heavy atom. The third-order valence-electron chi connectivity index (χ3n) is 0.463. The Morgan fingerprint density at radius 1 is 1.67 bits per heavy atom. The Hall–Kier alpha value is -0.600. The van der Waals surface area contributed by atoms with Gasteiger partial charge in [0.2, 0.25) is 0 Å². The van der Waals surface area contributed by atoms with E-state index >= 15 is 0 Å². The van der Waals surface area contributed by atoms with Crippen LogP contribution in [0.5, 0.6) is 0 Å². The average Bonchev–Trinajstić information content (AvgIpc) is 1.85. The van der Waals surface area contributed by atoms with Crippen LogP contribution in [0.1, 0.15) is 0 Å². The molecule has 5 heteroatoms. The van der Waals surface area contributed by atoms with Crippen LogP contribution in [0.2, 0.25) is 0 Å². The van der Waals surface area contributed by atoms with E-state index in [0.29, 0.717) is 0 Å². The van der Waals surface area contributed by atoms with Gasteiger partial charge in [0.05, 0.1) is 6.61 Å². The van der Waals surface area contributed by atoms with E-state index in [0.717, 1.165) is 0 Å². The van der Waals surface area contributed by atoms with Crippen molar-refractivity contribution >= 4 is 14.7 Å². The lowest BCUT2D eigenvalue weighted by Crippen LogP contribution is -1.81. The molecular formula is C4H7O4P. The molecular weight excluding hydrogens is 143 g/mol. The molecule has 9 heavy (non-hydrogen) atoms. The summed E-state index contributed by atoms with van der Waals surface area (Å²) in [6.45, 7) is 3.52. The van der Waals surface area contributed by atoms with Crippen LogP contribution in [0.15, 0.2) is 12.7 Å². The summed E-state index contributed by atoms with van der Waals surface area (Å²) in [5.74, 6) is 0. The molecule has 0 saturated heterocycles. The molecule has 0 aromatic rings. The second-order valence-electron chi connectivity index (χ2n) is 1.06. The maximum atomic E-state index is 10.3. The van der Waals surface area contributed by atoms with Gasteiger partial charge in [0.15, 0.2) is 0 Å². The third kappa shape index (κ3) is 5.27. The van der Waals surface area contributed by atoms with Crippen LogP contribution in [-0.4, -0.2) is 13.1 Å². The smallest absolute Gasteiger partial charge is 0.370 e. The Balaban J connectivity index is 3.26. The fourth-order valence-corrected chi connectivity index (χ4v) is 0.601. The number of carbonyl (C=O) groups excluding carboxylic acids is 1. The summed E-state index contributed by atoms with van der Waals surface area (Å²) in [7, 11) is -2.59. The minimum atomic E-state index is -2.59. The summed E-state index contributed by atoms with van der Waals surface area (Å²) in [4.78, 5) is 9.48. The molecule has 0 amide bonds. The van der Waals surface area contributed by atoms with Gasteiger partial charge in [0.1, 0.15) is 0 Å². The molecule has 1 unspecified atom stereocenters. The molecule has 0 fully saturated rings. The minimum Gasteiger partial charge on any atom is -0.396 e. The highest BCUT2D eigenvalue weighted by Crippen LogP contribution is 2.20. The van der Waals surface area contributed by atoms with Gasteiger partial charge in [0, 0.05) is 0 Å². The van der Waals surface area contributed by atoms with Gasteiger partial charge in [-0.3, -0.25) is 9.32 Å². The van der Waals surface area contributed by atoms with Gasteiger partial charge in [-0.25, -0.2) is 4.57 Å². The molecule has 0 rings (SSSR count). The lowest BCUT2D eigenvalue weighted by atomic mass is 10.7. The summed E-state index contributed by atoms with van der Waals surface area (Å²) < 4.78 is 18.6. The van der Waals surface area contributed by atoms with Crippen LogP contribution >= 0.6 is 8.25 Å². The molecule has 52 valence electrons. The maximum Gasteiger partial charge on any atom is 0.370 e. The summed E-state index contributed by atoms with van der Waals surface area (Å²) in [6.07, 6.45) is 1.41. The van der Waals surface area contributed by atoms with E-state index in [9.17, 15) is 9.36 Å². The number of hydrogen-bond acceptors (Lipinski definition) is 4. The second-order valence-corrected chi connectivity index (χ2v) is 2.09. The fraction of sp³-hybridized carbons (Fsp3) is 0.250. The zero-order valence-corrected chi connectivity index (χ0v) is 5.70. The number of hydrogen-bond donors (Lipinski definition) is 0. The first-order valence-corrected chi connectivity index (χ1v) is 3.41. The van der Waals surface area contributed by atoms with E-state index in [1.807, 2.05) is 0 Å².